The topological polar surface area (TPSA) is 71.1 Å². The van der Waals surface area contributed by atoms with Crippen molar-refractivity contribution in [1.29, 1.82) is 0 Å². The fourth-order valence-corrected chi connectivity index (χ4v) is 3.98. The van der Waals surface area contributed by atoms with Gasteiger partial charge in [0.25, 0.3) is 5.91 Å². The number of pyridine rings is 1. The van der Waals surface area contributed by atoms with E-state index in [-0.39, 0.29) is 11.7 Å². The Balaban J connectivity index is 1.71. The molecule has 6 heteroatoms. The van der Waals surface area contributed by atoms with Crippen LogP contribution >= 0.6 is 11.3 Å². The zero-order valence-electron chi connectivity index (χ0n) is 16.0. The number of amides is 1. The highest BCUT2D eigenvalue weighted by Crippen LogP contribution is 2.29. The van der Waals surface area contributed by atoms with Crippen LogP contribution < -0.4 is 10.6 Å². The van der Waals surface area contributed by atoms with Crippen molar-refractivity contribution in [3.8, 4) is 0 Å². The van der Waals surface area contributed by atoms with Gasteiger partial charge in [-0.25, -0.2) is 4.98 Å². The molecule has 0 aliphatic carbocycles. The Morgan fingerprint density at radius 1 is 1.00 bits per heavy atom. The van der Waals surface area contributed by atoms with Crippen molar-refractivity contribution in [2.45, 2.75) is 13.8 Å². The standard InChI is InChI=1S/C23H19N3O2S/c1-14-7-3-5-9-19(14)25-22-20(11-16(12-24-22)15(2)27)26-23(28)18-13-29-21-10-6-4-8-17(18)21/h3-13H,1-2H3,(H,24,25)(H,26,28). The van der Waals surface area contributed by atoms with Crippen LogP contribution in [-0.4, -0.2) is 16.7 Å². The van der Waals surface area contributed by atoms with E-state index in [2.05, 4.69) is 15.6 Å². The van der Waals surface area contributed by atoms with Gasteiger partial charge in [0, 0.05) is 32.9 Å². The molecular formula is C23H19N3O2S. The molecule has 0 saturated carbocycles. The van der Waals surface area contributed by atoms with Crippen molar-refractivity contribution < 1.29 is 9.59 Å². The minimum atomic E-state index is -0.238. The van der Waals surface area contributed by atoms with Crippen molar-refractivity contribution in [2.24, 2.45) is 0 Å². The molecule has 2 aromatic heterocycles. The highest BCUT2D eigenvalue weighted by molar-refractivity contribution is 7.17. The number of carbonyl (C=O) groups excluding carboxylic acids is 2. The molecule has 0 unspecified atom stereocenters. The molecule has 5 nitrogen and oxygen atoms in total. The first kappa shape index (κ1) is 18.8. The first-order valence-corrected chi connectivity index (χ1v) is 10.0. The second kappa shape index (κ2) is 7.85. The number of para-hydroxylation sites is 1. The molecule has 2 heterocycles. The largest absolute Gasteiger partial charge is 0.338 e. The Kier molecular flexibility index (Phi) is 5.10. The number of hydrogen-bond acceptors (Lipinski definition) is 5. The van der Waals surface area contributed by atoms with Gasteiger partial charge in [-0.1, -0.05) is 36.4 Å². The number of aryl methyl sites for hydroxylation is 1. The third-order valence-corrected chi connectivity index (χ3v) is 5.63. The van der Waals surface area contributed by atoms with Gasteiger partial charge in [0.2, 0.25) is 0 Å². The maximum Gasteiger partial charge on any atom is 0.257 e. The zero-order valence-corrected chi connectivity index (χ0v) is 16.8. The number of fused-ring (bicyclic) bond motifs is 1. The van der Waals surface area contributed by atoms with Crippen LogP contribution in [0.5, 0.6) is 0 Å². The molecule has 0 aliphatic heterocycles. The number of Topliss-reactive ketones (excluding diaryl/α,β-unsaturated/α-hetero) is 1. The van der Waals surface area contributed by atoms with Crippen molar-refractivity contribution >= 4 is 50.3 Å². The van der Waals surface area contributed by atoms with E-state index in [1.807, 2.05) is 60.8 Å². The van der Waals surface area contributed by atoms with E-state index >= 15 is 0 Å². The van der Waals surface area contributed by atoms with Crippen molar-refractivity contribution in [3.05, 3.63) is 82.9 Å². The van der Waals surface area contributed by atoms with Gasteiger partial charge in [0.05, 0.1) is 11.3 Å². The number of aromatic nitrogens is 1. The summed E-state index contributed by atoms with van der Waals surface area (Å²) in [5.41, 5.74) is 3.42. The van der Waals surface area contributed by atoms with Crippen molar-refractivity contribution in [3.63, 3.8) is 0 Å². The molecule has 4 rings (SSSR count). The number of thiophene rings is 1. The van der Waals surface area contributed by atoms with Crippen LogP contribution in [0.3, 0.4) is 0 Å². The Morgan fingerprint density at radius 2 is 1.76 bits per heavy atom. The van der Waals surface area contributed by atoms with Crippen LogP contribution in [0.4, 0.5) is 17.2 Å². The number of rotatable bonds is 5. The molecule has 4 aromatic rings. The quantitative estimate of drug-likeness (QED) is 0.414. The van der Waals surface area contributed by atoms with E-state index in [9.17, 15) is 9.59 Å². The average molecular weight is 401 g/mol. The molecule has 0 saturated heterocycles. The number of hydrogen-bond donors (Lipinski definition) is 2. The second-order valence-corrected chi connectivity index (χ2v) is 7.63. The molecule has 2 aromatic carbocycles. The molecule has 144 valence electrons. The monoisotopic (exact) mass is 401 g/mol. The lowest BCUT2D eigenvalue weighted by Gasteiger charge is -2.14. The van der Waals surface area contributed by atoms with E-state index < -0.39 is 0 Å². The third kappa shape index (κ3) is 3.88. The molecule has 0 atom stereocenters. The summed E-state index contributed by atoms with van der Waals surface area (Å²) in [7, 11) is 0. The number of benzene rings is 2. The van der Waals surface area contributed by atoms with Crippen molar-refractivity contribution in [1.82, 2.24) is 4.98 Å². The minimum Gasteiger partial charge on any atom is -0.338 e. The van der Waals surface area contributed by atoms with Gasteiger partial charge >= 0.3 is 0 Å². The van der Waals surface area contributed by atoms with E-state index in [4.69, 9.17) is 0 Å². The van der Waals surface area contributed by atoms with Crippen LogP contribution in [0, 0.1) is 6.92 Å². The number of nitrogens with one attached hydrogen (secondary N) is 2. The molecule has 0 bridgehead atoms. The Labute approximate surface area is 172 Å². The Bertz CT molecular complexity index is 1230. The Morgan fingerprint density at radius 3 is 2.55 bits per heavy atom. The fraction of sp³-hybridized carbons (Fsp3) is 0.0870. The summed E-state index contributed by atoms with van der Waals surface area (Å²) in [6.07, 6.45) is 1.51. The van der Waals surface area contributed by atoms with Gasteiger partial charge in [0.1, 0.15) is 0 Å². The minimum absolute atomic E-state index is 0.114. The van der Waals surface area contributed by atoms with Gasteiger partial charge in [-0.3, -0.25) is 9.59 Å². The van der Waals surface area contributed by atoms with E-state index in [1.165, 1.54) is 24.5 Å². The molecule has 0 fully saturated rings. The lowest BCUT2D eigenvalue weighted by Crippen LogP contribution is -2.14. The molecule has 0 radical (unpaired) electrons. The Hall–Kier alpha value is -3.51. The van der Waals surface area contributed by atoms with E-state index in [1.54, 1.807) is 6.07 Å². The van der Waals surface area contributed by atoms with Crippen LogP contribution in [-0.2, 0) is 0 Å². The highest BCUT2D eigenvalue weighted by atomic mass is 32.1. The number of ketones is 1. The summed E-state index contributed by atoms with van der Waals surface area (Å²) in [6, 6.07) is 17.2. The van der Waals surface area contributed by atoms with Gasteiger partial charge in [-0.05, 0) is 37.6 Å². The smallest absolute Gasteiger partial charge is 0.257 e. The number of nitrogens with zero attached hydrogens (tertiary/aromatic N) is 1. The van der Waals surface area contributed by atoms with Gasteiger partial charge < -0.3 is 10.6 Å². The van der Waals surface area contributed by atoms with E-state index in [0.717, 1.165) is 21.3 Å². The van der Waals surface area contributed by atoms with Gasteiger partial charge in [-0.2, -0.15) is 0 Å². The summed E-state index contributed by atoms with van der Waals surface area (Å²) in [6.45, 7) is 3.46. The first-order chi connectivity index (χ1) is 14.0. The highest BCUT2D eigenvalue weighted by Gasteiger charge is 2.16. The maximum atomic E-state index is 13.0. The lowest BCUT2D eigenvalue weighted by molar-refractivity contribution is 0.101. The van der Waals surface area contributed by atoms with Crippen LogP contribution in [0.1, 0.15) is 33.2 Å². The van der Waals surface area contributed by atoms with Crippen LogP contribution in [0.25, 0.3) is 10.1 Å². The summed E-state index contributed by atoms with van der Waals surface area (Å²) >= 11 is 1.52. The molecule has 2 N–H and O–H groups in total. The number of carbonyl (C=O) groups is 2. The summed E-state index contributed by atoms with van der Waals surface area (Å²) in [5, 5.41) is 8.94. The SMILES string of the molecule is CC(=O)c1cnc(Nc2ccccc2C)c(NC(=O)c2csc3ccccc23)c1. The maximum absolute atomic E-state index is 13.0. The zero-order chi connectivity index (χ0) is 20.4. The number of anilines is 3. The normalized spacial score (nSPS) is 10.7. The van der Waals surface area contributed by atoms with Crippen molar-refractivity contribution in [2.75, 3.05) is 10.6 Å². The average Bonchev–Trinajstić information content (AvgIpc) is 3.15. The molecular weight excluding hydrogens is 382 g/mol. The molecule has 0 spiro atoms. The first-order valence-electron chi connectivity index (χ1n) is 9.14. The van der Waals surface area contributed by atoms with E-state index in [0.29, 0.717) is 22.6 Å². The molecule has 0 aliphatic rings. The van der Waals surface area contributed by atoms with Gasteiger partial charge in [-0.15, -0.1) is 11.3 Å². The second-order valence-electron chi connectivity index (χ2n) is 6.72. The summed E-state index contributed by atoms with van der Waals surface area (Å²) in [4.78, 5) is 29.2. The molecule has 1 amide bonds. The lowest BCUT2D eigenvalue weighted by atomic mass is 10.1. The predicted molar refractivity (Wildman–Crippen MR) is 118 cm³/mol. The summed E-state index contributed by atoms with van der Waals surface area (Å²) < 4.78 is 1.05. The fourth-order valence-electron chi connectivity index (χ4n) is 3.04. The predicted octanol–water partition coefficient (Wildman–Crippen LogP) is 5.80. The third-order valence-electron chi connectivity index (χ3n) is 4.67. The summed E-state index contributed by atoms with van der Waals surface area (Å²) in [5.74, 6) is 0.131. The van der Waals surface area contributed by atoms with Gasteiger partial charge in [0.15, 0.2) is 11.6 Å². The molecule has 29 heavy (non-hydrogen) atoms. The van der Waals surface area contributed by atoms with Crippen LogP contribution in [0.2, 0.25) is 0 Å². The van der Waals surface area contributed by atoms with Crippen LogP contribution in [0.15, 0.2) is 66.2 Å².